The predicted molar refractivity (Wildman–Crippen MR) is 77.2 cm³/mol. The van der Waals surface area contributed by atoms with Gasteiger partial charge in [-0.2, -0.15) is 0 Å². The minimum absolute atomic E-state index is 0.00862. The summed E-state index contributed by atoms with van der Waals surface area (Å²) in [6.07, 6.45) is 1.11. The quantitative estimate of drug-likeness (QED) is 0.888. The maximum atomic E-state index is 13.0. The first-order valence-electron chi connectivity index (χ1n) is 6.94. The lowest BCUT2D eigenvalue weighted by Crippen LogP contribution is -2.22. The smallest absolute Gasteiger partial charge is 0.126 e. The average molecular weight is 271 g/mol. The lowest BCUT2D eigenvalue weighted by atomic mass is 10.1. The Bertz CT molecular complexity index is 599. The van der Waals surface area contributed by atoms with Crippen molar-refractivity contribution in [3.05, 3.63) is 65.5 Å². The third kappa shape index (κ3) is 2.68. The Kier molecular flexibility index (Phi) is 3.45. The Morgan fingerprint density at radius 3 is 2.65 bits per heavy atom. The van der Waals surface area contributed by atoms with Gasteiger partial charge in [-0.3, -0.25) is 0 Å². The molecule has 104 valence electrons. The first-order chi connectivity index (χ1) is 9.65. The zero-order valence-electron chi connectivity index (χ0n) is 11.4. The summed E-state index contributed by atoms with van der Waals surface area (Å²) >= 11 is 0. The van der Waals surface area contributed by atoms with Gasteiger partial charge in [0.05, 0.1) is 0 Å². The van der Waals surface area contributed by atoms with Crippen molar-refractivity contribution in [1.82, 2.24) is 5.32 Å². The van der Waals surface area contributed by atoms with E-state index in [1.807, 2.05) is 13.0 Å². The summed E-state index contributed by atoms with van der Waals surface area (Å²) in [6, 6.07) is 15.0. The minimum atomic E-state index is -0.410. The molecule has 3 unspecified atom stereocenters. The average Bonchev–Trinajstić information content (AvgIpc) is 3.18. The SMILES string of the molecule is CC(NC1CC1c1ccccc1)c1ccc(F)cc1O. The number of nitrogens with one attached hydrogen (secondary N) is 1. The van der Waals surface area contributed by atoms with Crippen molar-refractivity contribution in [2.75, 3.05) is 0 Å². The number of hydrogen-bond acceptors (Lipinski definition) is 2. The molecule has 3 rings (SSSR count). The number of phenolic OH excluding ortho intramolecular Hbond substituents is 1. The Hall–Kier alpha value is -1.87. The van der Waals surface area contributed by atoms with Crippen LogP contribution in [-0.2, 0) is 0 Å². The van der Waals surface area contributed by atoms with Crippen LogP contribution in [-0.4, -0.2) is 11.1 Å². The molecule has 0 aromatic heterocycles. The second-order valence-corrected chi connectivity index (χ2v) is 5.45. The van der Waals surface area contributed by atoms with Crippen molar-refractivity contribution in [2.45, 2.75) is 31.3 Å². The molecular formula is C17H18FNO. The largest absolute Gasteiger partial charge is 0.508 e. The summed E-state index contributed by atoms with van der Waals surface area (Å²) in [5, 5.41) is 13.3. The molecule has 0 aliphatic heterocycles. The zero-order chi connectivity index (χ0) is 14.1. The van der Waals surface area contributed by atoms with E-state index in [4.69, 9.17) is 0 Å². The fourth-order valence-electron chi connectivity index (χ4n) is 2.74. The molecule has 0 radical (unpaired) electrons. The number of phenols is 1. The molecule has 2 N–H and O–H groups in total. The highest BCUT2D eigenvalue weighted by Gasteiger charge is 2.39. The van der Waals surface area contributed by atoms with Gasteiger partial charge < -0.3 is 10.4 Å². The van der Waals surface area contributed by atoms with Gasteiger partial charge in [-0.05, 0) is 25.0 Å². The third-order valence-corrected chi connectivity index (χ3v) is 3.94. The molecule has 0 bridgehead atoms. The number of benzene rings is 2. The van der Waals surface area contributed by atoms with E-state index < -0.39 is 5.82 Å². The second-order valence-electron chi connectivity index (χ2n) is 5.45. The first-order valence-corrected chi connectivity index (χ1v) is 6.94. The van der Waals surface area contributed by atoms with Gasteiger partial charge in [0.1, 0.15) is 11.6 Å². The van der Waals surface area contributed by atoms with Crippen LogP contribution in [0.2, 0.25) is 0 Å². The maximum Gasteiger partial charge on any atom is 0.126 e. The van der Waals surface area contributed by atoms with Gasteiger partial charge in [0, 0.05) is 29.6 Å². The van der Waals surface area contributed by atoms with Gasteiger partial charge in [0.25, 0.3) is 0 Å². The van der Waals surface area contributed by atoms with Crippen LogP contribution in [0, 0.1) is 5.82 Å². The van der Waals surface area contributed by atoms with E-state index >= 15 is 0 Å². The van der Waals surface area contributed by atoms with Crippen LogP contribution in [0.3, 0.4) is 0 Å². The van der Waals surface area contributed by atoms with E-state index in [1.165, 1.54) is 11.6 Å². The fraction of sp³-hybridized carbons (Fsp3) is 0.294. The summed E-state index contributed by atoms with van der Waals surface area (Å²) in [6.45, 7) is 1.99. The predicted octanol–water partition coefficient (Wildman–Crippen LogP) is 3.74. The Morgan fingerprint density at radius 2 is 1.95 bits per heavy atom. The standard InChI is InChI=1S/C17H18FNO/c1-11(14-8-7-13(18)9-17(14)20)19-16-10-15(16)12-5-3-2-4-6-12/h2-9,11,15-16,19-20H,10H2,1H3. The molecule has 3 heteroatoms. The second kappa shape index (κ2) is 5.25. The van der Waals surface area contributed by atoms with E-state index in [0.29, 0.717) is 12.0 Å². The summed E-state index contributed by atoms with van der Waals surface area (Å²) < 4.78 is 13.0. The van der Waals surface area contributed by atoms with E-state index in [0.717, 1.165) is 18.1 Å². The molecule has 0 saturated heterocycles. The summed E-state index contributed by atoms with van der Waals surface area (Å²) in [5.41, 5.74) is 2.09. The first kappa shape index (κ1) is 13.1. The van der Waals surface area contributed by atoms with Crippen molar-refractivity contribution in [1.29, 1.82) is 0 Å². The summed E-state index contributed by atoms with van der Waals surface area (Å²) in [4.78, 5) is 0. The molecule has 0 spiro atoms. The highest BCUT2D eigenvalue weighted by molar-refractivity contribution is 5.36. The van der Waals surface area contributed by atoms with Gasteiger partial charge in [-0.1, -0.05) is 36.4 Å². The molecule has 1 saturated carbocycles. The fourth-order valence-corrected chi connectivity index (χ4v) is 2.74. The van der Waals surface area contributed by atoms with Crippen molar-refractivity contribution in [3.8, 4) is 5.75 Å². The summed E-state index contributed by atoms with van der Waals surface area (Å²) in [5.74, 6) is 0.148. The van der Waals surface area contributed by atoms with Gasteiger partial charge in [0.15, 0.2) is 0 Å². The van der Waals surface area contributed by atoms with Crippen LogP contribution < -0.4 is 5.32 Å². The van der Waals surface area contributed by atoms with Crippen LogP contribution in [0.15, 0.2) is 48.5 Å². The normalized spacial score (nSPS) is 22.5. The van der Waals surface area contributed by atoms with Crippen LogP contribution in [0.25, 0.3) is 0 Å². The molecule has 2 aromatic rings. The molecule has 0 heterocycles. The molecule has 0 amide bonds. The number of rotatable bonds is 4. The Labute approximate surface area is 118 Å². The lowest BCUT2D eigenvalue weighted by Gasteiger charge is -2.15. The molecule has 20 heavy (non-hydrogen) atoms. The number of halogens is 1. The zero-order valence-corrected chi connectivity index (χ0v) is 11.4. The minimum Gasteiger partial charge on any atom is -0.508 e. The topological polar surface area (TPSA) is 32.3 Å². The van der Waals surface area contributed by atoms with E-state index in [-0.39, 0.29) is 11.8 Å². The van der Waals surface area contributed by atoms with Crippen molar-refractivity contribution in [3.63, 3.8) is 0 Å². The Morgan fingerprint density at radius 1 is 1.20 bits per heavy atom. The van der Waals surface area contributed by atoms with Crippen molar-refractivity contribution >= 4 is 0 Å². The maximum absolute atomic E-state index is 13.0. The molecule has 1 aliphatic carbocycles. The van der Waals surface area contributed by atoms with Crippen LogP contribution in [0.5, 0.6) is 5.75 Å². The lowest BCUT2D eigenvalue weighted by molar-refractivity contribution is 0.446. The highest BCUT2D eigenvalue weighted by Crippen LogP contribution is 2.42. The van der Waals surface area contributed by atoms with E-state index in [1.54, 1.807) is 6.07 Å². The monoisotopic (exact) mass is 271 g/mol. The van der Waals surface area contributed by atoms with Gasteiger partial charge >= 0.3 is 0 Å². The van der Waals surface area contributed by atoms with Gasteiger partial charge in [-0.15, -0.1) is 0 Å². The van der Waals surface area contributed by atoms with Crippen molar-refractivity contribution in [2.24, 2.45) is 0 Å². The molecule has 2 aromatic carbocycles. The molecule has 1 fully saturated rings. The Balaban J connectivity index is 1.65. The molecule has 1 aliphatic rings. The third-order valence-electron chi connectivity index (χ3n) is 3.94. The van der Waals surface area contributed by atoms with Gasteiger partial charge in [-0.25, -0.2) is 4.39 Å². The van der Waals surface area contributed by atoms with E-state index in [9.17, 15) is 9.50 Å². The molecular weight excluding hydrogens is 253 g/mol. The number of hydrogen-bond donors (Lipinski definition) is 2. The van der Waals surface area contributed by atoms with Crippen LogP contribution in [0.4, 0.5) is 4.39 Å². The summed E-state index contributed by atoms with van der Waals surface area (Å²) in [7, 11) is 0. The van der Waals surface area contributed by atoms with Crippen LogP contribution >= 0.6 is 0 Å². The highest BCUT2D eigenvalue weighted by atomic mass is 19.1. The van der Waals surface area contributed by atoms with Crippen LogP contribution in [0.1, 0.15) is 36.4 Å². The molecule has 2 nitrogen and oxygen atoms in total. The van der Waals surface area contributed by atoms with E-state index in [2.05, 4.69) is 29.6 Å². The van der Waals surface area contributed by atoms with Crippen molar-refractivity contribution < 1.29 is 9.50 Å². The van der Waals surface area contributed by atoms with Gasteiger partial charge in [0.2, 0.25) is 0 Å². The number of aromatic hydroxyl groups is 1. The molecule has 3 atom stereocenters.